The zero-order chi connectivity index (χ0) is 25.9. The third kappa shape index (κ3) is 11.1. The van der Waals surface area contributed by atoms with Crippen molar-refractivity contribution in [2.75, 3.05) is 13.2 Å². The number of nitrogens with zero attached hydrogens (tertiary/aromatic N) is 1. The van der Waals surface area contributed by atoms with Crippen molar-refractivity contribution >= 4 is 23.9 Å². The molecular weight excluding hydrogens is 444 g/mol. The van der Waals surface area contributed by atoms with Crippen LogP contribution in [0.5, 0.6) is 0 Å². The fraction of sp³-hybridized carbons (Fsp3) is 0.583. The third-order valence-corrected chi connectivity index (χ3v) is 3.88. The highest BCUT2D eigenvalue weighted by atomic mass is 16.6. The van der Waals surface area contributed by atoms with Gasteiger partial charge >= 0.3 is 18.2 Å². The summed E-state index contributed by atoms with van der Waals surface area (Å²) in [5.41, 5.74) is 1.23. The Hall–Kier alpha value is -3.14. The van der Waals surface area contributed by atoms with Crippen molar-refractivity contribution in [1.82, 2.24) is 10.4 Å². The van der Waals surface area contributed by atoms with E-state index in [0.717, 1.165) is 5.56 Å². The largest absolute Gasteiger partial charge is 0.464 e. The molecule has 0 saturated carbocycles. The van der Waals surface area contributed by atoms with Crippen molar-refractivity contribution in [1.29, 1.82) is 0 Å². The first-order chi connectivity index (χ1) is 15.7. The van der Waals surface area contributed by atoms with Crippen molar-refractivity contribution in [2.24, 2.45) is 0 Å². The molecule has 1 aromatic rings. The second-order valence-electron chi connectivity index (χ2n) is 9.37. The summed E-state index contributed by atoms with van der Waals surface area (Å²) >= 11 is 0. The van der Waals surface area contributed by atoms with Gasteiger partial charge in [-0.1, -0.05) is 30.3 Å². The molecule has 0 radical (unpaired) electrons. The Labute approximate surface area is 200 Å². The highest BCUT2D eigenvalue weighted by Crippen LogP contribution is 2.15. The van der Waals surface area contributed by atoms with Crippen LogP contribution in [0.4, 0.5) is 9.59 Å². The number of Topliss-reactive ketones (excluding diaryl/α,β-unsaturated/α-hetero) is 1. The van der Waals surface area contributed by atoms with Gasteiger partial charge in [0.05, 0.1) is 19.8 Å². The second-order valence-corrected chi connectivity index (χ2v) is 9.37. The van der Waals surface area contributed by atoms with Crippen LogP contribution in [0.15, 0.2) is 30.3 Å². The Morgan fingerprint density at radius 3 is 2.06 bits per heavy atom. The molecule has 0 aromatic heterocycles. The molecule has 2 amide bonds. The van der Waals surface area contributed by atoms with Gasteiger partial charge in [0.15, 0.2) is 5.78 Å². The average molecular weight is 481 g/mol. The van der Waals surface area contributed by atoms with Gasteiger partial charge in [-0.25, -0.2) is 19.8 Å². The summed E-state index contributed by atoms with van der Waals surface area (Å²) in [6.07, 6.45) is -2.37. The van der Waals surface area contributed by atoms with Crippen LogP contribution in [0.3, 0.4) is 0 Å². The molecule has 1 aromatic carbocycles. The first-order valence-corrected chi connectivity index (χ1v) is 11.1. The van der Waals surface area contributed by atoms with Crippen molar-refractivity contribution in [3.63, 3.8) is 0 Å². The van der Waals surface area contributed by atoms with Gasteiger partial charge in [-0.2, -0.15) is 5.01 Å². The van der Waals surface area contributed by atoms with Crippen LogP contribution in [0.25, 0.3) is 0 Å². The van der Waals surface area contributed by atoms with Crippen molar-refractivity contribution in [2.45, 2.75) is 78.7 Å². The minimum Gasteiger partial charge on any atom is -0.464 e. The number of hydrogen-bond acceptors (Lipinski definition) is 8. The van der Waals surface area contributed by atoms with E-state index in [1.54, 1.807) is 48.5 Å². The van der Waals surface area contributed by atoms with Gasteiger partial charge in [0.25, 0.3) is 0 Å². The van der Waals surface area contributed by atoms with Gasteiger partial charge in [0.1, 0.15) is 11.2 Å². The highest BCUT2D eigenvalue weighted by molar-refractivity contribution is 6.05. The maximum absolute atomic E-state index is 13.0. The summed E-state index contributed by atoms with van der Waals surface area (Å²) in [5, 5.41) is 0.511. The molecule has 1 rings (SSSR count). The number of nitrogens with one attached hydrogen (secondary N) is 1. The minimum atomic E-state index is -1.79. The van der Waals surface area contributed by atoms with Gasteiger partial charge < -0.3 is 18.9 Å². The average Bonchev–Trinajstić information content (AvgIpc) is 2.69. The molecule has 0 aliphatic carbocycles. The van der Waals surface area contributed by atoms with E-state index in [2.05, 4.69) is 5.43 Å². The molecular formula is C24H36N2O8. The van der Waals surface area contributed by atoms with Crippen molar-refractivity contribution < 1.29 is 38.1 Å². The predicted molar refractivity (Wildman–Crippen MR) is 124 cm³/mol. The Morgan fingerprint density at radius 2 is 1.53 bits per heavy atom. The normalized spacial score (nSPS) is 12.3. The van der Waals surface area contributed by atoms with Crippen molar-refractivity contribution in [3.05, 3.63) is 35.9 Å². The van der Waals surface area contributed by atoms with Crippen LogP contribution in [0, 0.1) is 0 Å². The summed E-state index contributed by atoms with van der Waals surface area (Å²) < 4.78 is 21.0. The van der Waals surface area contributed by atoms with Crippen molar-refractivity contribution in [3.8, 4) is 0 Å². The van der Waals surface area contributed by atoms with Gasteiger partial charge in [-0.3, -0.25) is 4.79 Å². The summed E-state index contributed by atoms with van der Waals surface area (Å²) in [5.74, 6) is -1.72. The Kier molecular flexibility index (Phi) is 11.0. The molecule has 0 aliphatic rings. The topological polar surface area (TPSA) is 120 Å². The molecule has 34 heavy (non-hydrogen) atoms. The number of esters is 1. The molecule has 0 saturated heterocycles. The standard InChI is InChI=1S/C24H36N2O8/c1-8-32-20(28)19(18(27)14-15-31-16-17-12-10-9-11-13-17)26(22(30)34-24(5,6)7)25-21(29)33-23(2,3)4/h9-13,19H,8,14-16H2,1-7H3,(H,25,29). The van der Waals surface area contributed by atoms with Crippen LogP contribution >= 0.6 is 0 Å². The van der Waals surface area contributed by atoms with Gasteiger partial charge in [-0.15, -0.1) is 0 Å². The van der Waals surface area contributed by atoms with E-state index in [1.807, 2.05) is 30.3 Å². The van der Waals surface area contributed by atoms with Crippen LogP contribution < -0.4 is 5.43 Å². The molecule has 1 unspecified atom stereocenters. The van der Waals surface area contributed by atoms with Crippen LogP contribution in [0.2, 0.25) is 0 Å². The van der Waals surface area contributed by atoms with Gasteiger partial charge in [0, 0.05) is 6.42 Å². The van der Waals surface area contributed by atoms with Crippen LogP contribution in [-0.2, 0) is 35.1 Å². The van der Waals surface area contributed by atoms with Crippen LogP contribution in [0.1, 0.15) is 60.5 Å². The van der Waals surface area contributed by atoms with E-state index in [1.165, 1.54) is 0 Å². The fourth-order valence-electron chi connectivity index (χ4n) is 2.60. The summed E-state index contributed by atoms with van der Waals surface area (Å²) in [4.78, 5) is 51.0. The number of ether oxygens (including phenoxy) is 4. The first kappa shape index (κ1) is 28.9. The first-order valence-electron chi connectivity index (χ1n) is 11.1. The number of amides is 2. The van der Waals surface area contributed by atoms with E-state index in [-0.39, 0.29) is 26.2 Å². The molecule has 10 heteroatoms. The number of hydrazine groups is 1. The Balaban J connectivity index is 3.05. The van der Waals surface area contributed by atoms with Gasteiger partial charge in [-0.05, 0) is 54.0 Å². The zero-order valence-corrected chi connectivity index (χ0v) is 21.0. The molecule has 0 spiro atoms. The SMILES string of the molecule is CCOC(=O)C(C(=O)CCOCc1ccccc1)N(NC(=O)OC(C)(C)C)C(=O)OC(C)(C)C. The molecule has 0 heterocycles. The number of ketones is 1. The lowest BCUT2D eigenvalue weighted by Crippen LogP contribution is -2.60. The maximum atomic E-state index is 13.0. The lowest BCUT2D eigenvalue weighted by atomic mass is 10.1. The van der Waals surface area contributed by atoms with E-state index in [4.69, 9.17) is 18.9 Å². The molecule has 1 N–H and O–H groups in total. The number of carbonyl (C=O) groups excluding carboxylic acids is 4. The summed E-state index contributed by atoms with van der Waals surface area (Å²) in [7, 11) is 0. The number of hydrogen-bond donors (Lipinski definition) is 1. The zero-order valence-electron chi connectivity index (χ0n) is 21.0. The lowest BCUT2D eigenvalue weighted by molar-refractivity contribution is -0.154. The molecule has 0 aliphatic heterocycles. The Bertz CT molecular complexity index is 828. The molecule has 0 bridgehead atoms. The van der Waals surface area contributed by atoms with Crippen LogP contribution in [-0.4, -0.2) is 59.4 Å². The number of rotatable bonds is 9. The summed E-state index contributed by atoms with van der Waals surface area (Å²) in [6.45, 7) is 11.5. The predicted octanol–water partition coefficient (Wildman–Crippen LogP) is 3.77. The number of carbonyl (C=O) groups is 4. The fourth-order valence-corrected chi connectivity index (χ4v) is 2.60. The third-order valence-electron chi connectivity index (χ3n) is 3.88. The monoisotopic (exact) mass is 480 g/mol. The number of benzene rings is 1. The van der Waals surface area contributed by atoms with Gasteiger partial charge in [0.2, 0.25) is 6.04 Å². The van der Waals surface area contributed by atoms with E-state index < -0.39 is 41.2 Å². The summed E-state index contributed by atoms with van der Waals surface area (Å²) in [6, 6.07) is 7.56. The quantitative estimate of drug-likeness (QED) is 0.186. The highest BCUT2D eigenvalue weighted by Gasteiger charge is 2.41. The van der Waals surface area contributed by atoms with E-state index in [0.29, 0.717) is 5.01 Å². The Morgan fingerprint density at radius 1 is 0.941 bits per heavy atom. The van der Waals surface area contributed by atoms with E-state index >= 15 is 0 Å². The molecule has 0 fully saturated rings. The lowest BCUT2D eigenvalue weighted by Gasteiger charge is -2.32. The molecule has 10 nitrogen and oxygen atoms in total. The van der Waals surface area contributed by atoms with E-state index in [9.17, 15) is 19.2 Å². The maximum Gasteiger partial charge on any atom is 0.430 e. The second kappa shape index (κ2) is 12.9. The molecule has 1 atom stereocenters. The molecule has 190 valence electrons. The minimum absolute atomic E-state index is 0.0156. The smallest absolute Gasteiger partial charge is 0.430 e.